The molecule has 0 saturated carbocycles. The zero-order chi connectivity index (χ0) is 18.9. The van der Waals surface area contributed by atoms with Crippen LogP contribution in [0.2, 0.25) is 0 Å². The van der Waals surface area contributed by atoms with Crippen LogP contribution < -0.4 is 15.4 Å². The lowest BCUT2D eigenvalue weighted by molar-refractivity contribution is 0.414. The van der Waals surface area contributed by atoms with Crippen LogP contribution in [0, 0.1) is 0 Å². The standard InChI is InChI=1S/C20H26N6O/c1-3-21-20(23-15-16-8-6-9-17(14-16)27-2)22-12-7-11-19-25-24-18-10-4-5-13-26(18)19/h4-6,8-10,13-14H,3,7,11-12,15H2,1-2H3,(H2,21,22,23). The molecule has 0 amide bonds. The molecule has 0 fully saturated rings. The van der Waals surface area contributed by atoms with Crippen molar-refractivity contribution in [2.45, 2.75) is 26.3 Å². The molecule has 3 aromatic rings. The molecule has 2 aromatic heterocycles. The number of nitrogens with one attached hydrogen (secondary N) is 2. The molecule has 0 spiro atoms. The predicted octanol–water partition coefficient (Wildman–Crippen LogP) is 2.43. The van der Waals surface area contributed by atoms with Crippen molar-refractivity contribution < 1.29 is 4.74 Å². The van der Waals surface area contributed by atoms with Crippen LogP contribution in [-0.2, 0) is 13.0 Å². The Hall–Kier alpha value is -3.09. The first-order valence-corrected chi connectivity index (χ1v) is 9.24. The van der Waals surface area contributed by atoms with Crippen LogP contribution in [0.5, 0.6) is 5.75 Å². The van der Waals surface area contributed by atoms with Gasteiger partial charge in [0.05, 0.1) is 13.7 Å². The van der Waals surface area contributed by atoms with Gasteiger partial charge >= 0.3 is 0 Å². The number of aromatic nitrogens is 3. The summed E-state index contributed by atoms with van der Waals surface area (Å²) in [6.45, 7) is 4.29. The zero-order valence-corrected chi connectivity index (χ0v) is 15.9. The molecular weight excluding hydrogens is 340 g/mol. The van der Waals surface area contributed by atoms with E-state index >= 15 is 0 Å². The van der Waals surface area contributed by atoms with Gasteiger partial charge in [-0.15, -0.1) is 10.2 Å². The molecule has 0 aliphatic rings. The van der Waals surface area contributed by atoms with E-state index in [9.17, 15) is 0 Å². The van der Waals surface area contributed by atoms with Crippen molar-refractivity contribution in [2.75, 3.05) is 20.2 Å². The van der Waals surface area contributed by atoms with Crippen molar-refractivity contribution >= 4 is 11.6 Å². The van der Waals surface area contributed by atoms with Crippen LogP contribution >= 0.6 is 0 Å². The van der Waals surface area contributed by atoms with E-state index in [0.717, 1.165) is 54.7 Å². The van der Waals surface area contributed by atoms with Crippen LogP contribution in [0.1, 0.15) is 24.7 Å². The average Bonchev–Trinajstić information content (AvgIpc) is 3.12. The first-order valence-electron chi connectivity index (χ1n) is 9.24. The molecule has 0 bridgehead atoms. The number of benzene rings is 1. The lowest BCUT2D eigenvalue weighted by atomic mass is 10.2. The number of aliphatic imine (C=N–C) groups is 1. The largest absolute Gasteiger partial charge is 0.497 e. The third-order valence-corrected chi connectivity index (χ3v) is 4.15. The van der Waals surface area contributed by atoms with Crippen LogP contribution in [0.4, 0.5) is 0 Å². The second kappa shape index (κ2) is 9.56. The summed E-state index contributed by atoms with van der Waals surface area (Å²) in [5.41, 5.74) is 2.00. The van der Waals surface area contributed by atoms with Crippen LogP contribution in [0.25, 0.3) is 5.65 Å². The van der Waals surface area contributed by atoms with Gasteiger partial charge in [0.15, 0.2) is 11.6 Å². The smallest absolute Gasteiger partial charge is 0.191 e. The maximum atomic E-state index is 5.26. The maximum Gasteiger partial charge on any atom is 0.191 e. The molecule has 3 rings (SSSR count). The number of hydrogen-bond acceptors (Lipinski definition) is 4. The number of hydrogen-bond donors (Lipinski definition) is 2. The summed E-state index contributed by atoms with van der Waals surface area (Å²) in [6.07, 6.45) is 3.80. The quantitative estimate of drug-likeness (QED) is 0.364. The minimum Gasteiger partial charge on any atom is -0.497 e. The Kier molecular flexibility index (Phi) is 6.62. The number of aryl methyl sites for hydroxylation is 1. The molecule has 0 aliphatic heterocycles. The molecule has 7 nitrogen and oxygen atoms in total. The molecule has 7 heteroatoms. The highest BCUT2D eigenvalue weighted by atomic mass is 16.5. The lowest BCUT2D eigenvalue weighted by Crippen LogP contribution is -2.37. The van der Waals surface area contributed by atoms with Gasteiger partial charge in [-0.05, 0) is 43.2 Å². The van der Waals surface area contributed by atoms with Gasteiger partial charge < -0.3 is 15.4 Å². The van der Waals surface area contributed by atoms with Crippen molar-refractivity contribution in [2.24, 2.45) is 4.99 Å². The van der Waals surface area contributed by atoms with E-state index in [1.807, 2.05) is 53.1 Å². The molecule has 0 saturated heterocycles. The van der Waals surface area contributed by atoms with Crippen molar-refractivity contribution in [3.8, 4) is 5.75 Å². The molecule has 0 unspecified atom stereocenters. The topological polar surface area (TPSA) is 75.8 Å². The number of guanidine groups is 1. The number of fused-ring (bicyclic) bond motifs is 1. The average molecular weight is 366 g/mol. The number of nitrogens with zero attached hydrogens (tertiary/aromatic N) is 4. The van der Waals surface area contributed by atoms with Gasteiger partial charge in [0, 0.05) is 25.7 Å². The lowest BCUT2D eigenvalue weighted by Gasteiger charge is -2.11. The molecule has 2 heterocycles. The van der Waals surface area contributed by atoms with E-state index in [-0.39, 0.29) is 0 Å². The number of ether oxygens (including phenoxy) is 1. The molecule has 0 aliphatic carbocycles. The highest BCUT2D eigenvalue weighted by molar-refractivity contribution is 5.79. The van der Waals surface area contributed by atoms with E-state index in [4.69, 9.17) is 4.74 Å². The van der Waals surface area contributed by atoms with Crippen LogP contribution in [0.15, 0.2) is 53.7 Å². The fourth-order valence-corrected chi connectivity index (χ4v) is 2.80. The molecule has 0 radical (unpaired) electrons. The van der Waals surface area contributed by atoms with Gasteiger partial charge in [-0.2, -0.15) is 0 Å². The van der Waals surface area contributed by atoms with Gasteiger partial charge in [-0.1, -0.05) is 18.2 Å². The molecule has 1 aromatic carbocycles. The van der Waals surface area contributed by atoms with Crippen molar-refractivity contribution in [1.82, 2.24) is 25.2 Å². The SMILES string of the molecule is CCNC(=NCc1cccc(OC)c1)NCCCc1nnc2ccccn12. The number of pyridine rings is 1. The summed E-state index contributed by atoms with van der Waals surface area (Å²) in [6, 6.07) is 13.9. The van der Waals surface area contributed by atoms with E-state index in [0.29, 0.717) is 6.54 Å². The third-order valence-electron chi connectivity index (χ3n) is 4.15. The van der Waals surface area contributed by atoms with Crippen molar-refractivity contribution in [3.05, 3.63) is 60.0 Å². The molecular formula is C20H26N6O. The Balaban J connectivity index is 1.51. The maximum absolute atomic E-state index is 5.26. The highest BCUT2D eigenvalue weighted by Crippen LogP contribution is 2.13. The molecule has 0 atom stereocenters. The summed E-state index contributed by atoms with van der Waals surface area (Å²) in [4.78, 5) is 4.65. The normalized spacial score (nSPS) is 11.6. The second-order valence-corrected chi connectivity index (χ2v) is 6.12. The van der Waals surface area contributed by atoms with Gasteiger partial charge in [-0.25, -0.2) is 4.99 Å². The zero-order valence-electron chi connectivity index (χ0n) is 15.9. The first kappa shape index (κ1) is 18.7. The van der Waals surface area contributed by atoms with Gasteiger partial charge in [0.25, 0.3) is 0 Å². The second-order valence-electron chi connectivity index (χ2n) is 6.12. The molecule has 142 valence electrons. The summed E-state index contributed by atoms with van der Waals surface area (Å²) in [5, 5.41) is 15.1. The van der Waals surface area contributed by atoms with E-state index in [2.05, 4.69) is 32.7 Å². The van der Waals surface area contributed by atoms with Gasteiger partial charge in [0.1, 0.15) is 11.6 Å². The number of rotatable bonds is 8. The third kappa shape index (κ3) is 5.20. The Bertz CT molecular complexity index is 889. The van der Waals surface area contributed by atoms with E-state index in [1.165, 1.54) is 0 Å². The van der Waals surface area contributed by atoms with E-state index < -0.39 is 0 Å². The minimum atomic E-state index is 0.599. The van der Waals surface area contributed by atoms with Crippen LogP contribution in [0.3, 0.4) is 0 Å². The van der Waals surface area contributed by atoms with Gasteiger partial charge in [0.2, 0.25) is 0 Å². The van der Waals surface area contributed by atoms with Gasteiger partial charge in [-0.3, -0.25) is 4.40 Å². The van der Waals surface area contributed by atoms with Crippen molar-refractivity contribution in [1.29, 1.82) is 0 Å². The summed E-state index contributed by atoms with van der Waals surface area (Å²) in [5.74, 6) is 2.64. The molecule has 27 heavy (non-hydrogen) atoms. The Morgan fingerprint density at radius 3 is 2.93 bits per heavy atom. The summed E-state index contributed by atoms with van der Waals surface area (Å²) in [7, 11) is 1.67. The number of methoxy groups -OCH3 is 1. The van der Waals surface area contributed by atoms with Crippen LogP contribution in [-0.4, -0.2) is 40.8 Å². The summed E-state index contributed by atoms with van der Waals surface area (Å²) < 4.78 is 7.29. The van der Waals surface area contributed by atoms with Crippen molar-refractivity contribution in [3.63, 3.8) is 0 Å². The summed E-state index contributed by atoms with van der Waals surface area (Å²) >= 11 is 0. The minimum absolute atomic E-state index is 0.599. The predicted molar refractivity (Wildman–Crippen MR) is 107 cm³/mol. The Morgan fingerprint density at radius 2 is 2.07 bits per heavy atom. The fourth-order valence-electron chi connectivity index (χ4n) is 2.80. The fraction of sp³-hybridized carbons (Fsp3) is 0.350. The first-order chi connectivity index (χ1) is 13.3. The monoisotopic (exact) mass is 366 g/mol. The van der Waals surface area contributed by atoms with E-state index in [1.54, 1.807) is 7.11 Å². The Morgan fingerprint density at radius 1 is 1.15 bits per heavy atom. The molecule has 2 N–H and O–H groups in total. The Labute approximate surface area is 159 Å². The highest BCUT2D eigenvalue weighted by Gasteiger charge is 2.04.